The highest BCUT2D eigenvalue weighted by atomic mass is 32.1. The van der Waals surface area contributed by atoms with Crippen molar-refractivity contribution in [2.45, 2.75) is 323 Å². The number of benzene rings is 8. The van der Waals surface area contributed by atoms with E-state index in [-0.39, 0.29) is 23.0 Å². The van der Waals surface area contributed by atoms with Crippen LogP contribution in [0, 0.1) is 35.8 Å². The molecule has 12 aromatic rings. The summed E-state index contributed by atoms with van der Waals surface area (Å²) in [5.74, 6) is -0.344. The molecule has 4 aliphatic rings. The van der Waals surface area contributed by atoms with Gasteiger partial charge in [0.15, 0.2) is 11.6 Å². The van der Waals surface area contributed by atoms with E-state index in [0.29, 0.717) is 44.5 Å². The van der Waals surface area contributed by atoms with E-state index in [2.05, 4.69) is 186 Å². The first-order valence-electron chi connectivity index (χ1n) is 50.8. The molecule has 0 unspecified atom stereocenters. The molecule has 4 aliphatic carbocycles. The summed E-state index contributed by atoms with van der Waals surface area (Å²) in [5, 5.41) is 26.0. The predicted octanol–water partition coefficient (Wildman–Crippen LogP) is 36.0. The number of hydrogen-bond acceptors (Lipinski definition) is 8. The number of hydrogen-bond donors (Lipinski definition) is 0. The van der Waals surface area contributed by atoms with Crippen molar-refractivity contribution in [2.24, 2.45) is 0 Å². The minimum Gasteiger partial charge on any atom is -0.289 e. The molecule has 0 radical (unpaired) electrons. The summed E-state index contributed by atoms with van der Waals surface area (Å²) in [6, 6.07) is 65.4. The Kier molecular flexibility index (Phi) is 31.7. The summed E-state index contributed by atoms with van der Waals surface area (Å²) in [4.78, 5) is 46.4. The lowest BCUT2D eigenvalue weighted by Crippen LogP contribution is -2.30. The zero-order valence-electron chi connectivity index (χ0n) is 79.7. The van der Waals surface area contributed by atoms with Crippen molar-refractivity contribution >= 4 is 111 Å². The van der Waals surface area contributed by atoms with E-state index in [1.54, 1.807) is 22.7 Å². The number of carbonyl (C=O) groups is 2. The number of aryl methyl sites for hydroxylation is 8. The van der Waals surface area contributed by atoms with Gasteiger partial charge in [-0.25, -0.2) is 20.2 Å². The third kappa shape index (κ3) is 19.3. The van der Waals surface area contributed by atoms with Crippen LogP contribution in [0.3, 0.4) is 0 Å². The van der Waals surface area contributed by atoms with Gasteiger partial charge in [-0.1, -0.05) is 331 Å². The van der Waals surface area contributed by atoms with Crippen LogP contribution in [0.25, 0.3) is 83.4 Å². The molecule has 0 N–H and O–H groups in total. The fourth-order valence-electron chi connectivity index (χ4n) is 22.1. The van der Waals surface area contributed by atoms with Gasteiger partial charge in [-0.05, 0) is 262 Å². The van der Waals surface area contributed by atoms with E-state index in [1.165, 1.54) is 169 Å². The van der Waals surface area contributed by atoms with Crippen LogP contribution in [0.2, 0.25) is 0 Å². The first kappa shape index (κ1) is 94.8. The molecule has 0 atom stereocenters. The fraction of sp³-hybridized carbons (Fsp3) is 0.410. The van der Waals surface area contributed by atoms with E-state index >= 15 is 9.59 Å². The predicted molar refractivity (Wildman–Crippen MR) is 564 cm³/mol. The van der Waals surface area contributed by atoms with E-state index < -0.39 is 10.8 Å². The minimum atomic E-state index is -0.922. The number of ketones is 2. The monoisotopic (exact) mass is 1810 g/mol. The Morgan fingerprint density at radius 2 is 0.553 bits per heavy atom. The largest absolute Gasteiger partial charge is 0.289 e. The van der Waals surface area contributed by atoms with E-state index in [1.807, 2.05) is 83.3 Å². The Labute approximate surface area is 803 Å². The minimum absolute atomic E-state index is 0.0839. The van der Waals surface area contributed by atoms with Crippen LogP contribution < -0.4 is 0 Å². The highest BCUT2D eigenvalue weighted by molar-refractivity contribution is 7.34. The van der Waals surface area contributed by atoms with Gasteiger partial charge in [0.25, 0.3) is 11.4 Å². The first-order valence-corrected chi connectivity index (χ1v) is 54.1. The highest BCUT2D eigenvalue weighted by Crippen LogP contribution is 2.71. The van der Waals surface area contributed by atoms with E-state index in [4.69, 9.17) is 13.1 Å². The maximum Gasteiger partial charge on any atom is 0.270 e. The van der Waals surface area contributed by atoms with Crippen LogP contribution in [-0.2, 0) is 62.2 Å². The quantitative estimate of drug-likeness (QED) is 0.0165. The van der Waals surface area contributed by atoms with Gasteiger partial charge in [-0.3, -0.25) is 9.59 Å². The lowest BCUT2D eigenvalue weighted by Gasteiger charge is -2.35. The number of fused-ring (bicyclic) bond motifs is 13. The molecule has 132 heavy (non-hydrogen) atoms. The average Bonchev–Trinajstić information content (AvgIpc) is 1.48. The van der Waals surface area contributed by atoms with Gasteiger partial charge in [-0.15, -0.1) is 45.3 Å². The third-order valence-electron chi connectivity index (χ3n) is 28.8. The summed E-state index contributed by atoms with van der Waals surface area (Å²) in [6.45, 7) is 35.9. The van der Waals surface area contributed by atoms with Crippen molar-refractivity contribution in [3.63, 3.8) is 0 Å². The molecule has 8 aromatic carbocycles. The molecule has 0 aliphatic heterocycles. The van der Waals surface area contributed by atoms with Crippen molar-refractivity contribution in [3.8, 4) is 31.6 Å². The maximum atomic E-state index is 15.9. The summed E-state index contributed by atoms with van der Waals surface area (Å²) in [6.07, 6.45) is 48.7. The molecule has 4 heterocycles. The topological polar surface area (TPSA) is 90.4 Å². The van der Waals surface area contributed by atoms with Crippen molar-refractivity contribution in [3.05, 3.63) is 324 Å². The summed E-state index contributed by atoms with van der Waals surface area (Å²) in [5.41, 5.74) is 23.2. The number of nitriles is 2. The number of thiophene rings is 4. The van der Waals surface area contributed by atoms with Gasteiger partial charge in [-0.2, -0.15) is 0 Å². The molecule has 16 rings (SSSR count). The SMILES string of the molecule is [C-]#[N+]C(C#N)=C1/C(=C/c2cc3c(s2)-c2sc4c5c(sc4c2C3(c2cc(CCCCCC)cc(CCCCCC)c2)c2cc(CCCCCC)cc(CCCCCC)c2)-c2sc(/C=C3\C(=O)c4cc6ccccc6cc4\C3=C(\C#N)[N+]#[C-])cc2C5(c2cc(CCCCCC)cc(CCCCCC)c2)c2cc(CCCCCC)cc(CCCCCC)c2)C(=O)c2cc3ccccc3cc21. The Hall–Kier alpha value is -10.4. The van der Waals surface area contributed by atoms with Crippen molar-refractivity contribution < 1.29 is 9.59 Å². The van der Waals surface area contributed by atoms with Crippen LogP contribution in [0.5, 0.6) is 0 Å². The summed E-state index contributed by atoms with van der Waals surface area (Å²) in [7, 11) is 0. The molecule has 0 saturated heterocycles. The molecule has 676 valence electrons. The van der Waals surface area contributed by atoms with Gasteiger partial charge in [0.05, 0.1) is 65.0 Å². The van der Waals surface area contributed by atoms with E-state index in [0.717, 1.165) is 237 Å². The van der Waals surface area contributed by atoms with Crippen LogP contribution in [0.15, 0.2) is 180 Å². The number of nitrogens with zero attached hydrogens (tertiary/aromatic N) is 4. The molecular formula is C122H132N4O2S4. The Morgan fingerprint density at radius 3 is 0.780 bits per heavy atom. The number of rotatable bonds is 46. The Balaban J connectivity index is 1.07. The zero-order chi connectivity index (χ0) is 91.8. The lowest BCUT2D eigenvalue weighted by atomic mass is 9.65. The molecule has 10 heteroatoms. The van der Waals surface area contributed by atoms with Gasteiger partial charge in [0.1, 0.15) is 0 Å². The highest BCUT2D eigenvalue weighted by Gasteiger charge is 2.56. The third-order valence-corrected chi connectivity index (χ3v) is 33.8. The molecule has 0 fully saturated rings. The first-order chi connectivity index (χ1) is 64.7. The van der Waals surface area contributed by atoms with Gasteiger partial charge >= 0.3 is 0 Å². The number of unbranched alkanes of at least 4 members (excludes halogenated alkanes) is 24. The van der Waals surface area contributed by atoms with Crippen LogP contribution >= 0.6 is 45.3 Å². The summed E-state index contributed by atoms with van der Waals surface area (Å²) >= 11 is 7.57. The summed E-state index contributed by atoms with van der Waals surface area (Å²) < 4.78 is 2.61. The van der Waals surface area contributed by atoms with Gasteiger partial charge in [0.2, 0.25) is 0 Å². The fourth-order valence-corrected chi connectivity index (χ4v) is 27.9. The second-order valence-electron chi connectivity index (χ2n) is 38.4. The molecular weight excluding hydrogens is 1680 g/mol. The zero-order valence-corrected chi connectivity index (χ0v) is 83.0. The second-order valence-corrected chi connectivity index (χ2v) is 42.6. The van der Waals surface area contributed by atoms with Gasteiger partial charge in [0, 0.05) is 54.3 Å². The van der Waals surface area contributed by atoms with Crippen LogP contribution in [-0.4, -0.2) is 11.6 Å². The van der Waals surface area contributed by atoms with Crippen LogP contribution in [0.4, 0.5) is 0 Å². The molecule has 0 bridgehead atoms. The van der Waals surface area contributed by atoms with Gasteiger partial charge < -0.3 is 0 Å². The molecule has 4 aromatic heterocycles. The van der Waals surface area contributed by atoms with Crippen molar-refractivity contribution in [1.82, 2.24) is 0 Å². The number of carbonyl (C=O) groups excluding carboxylic acids is 2. The smallest absolute Gasteiger partial charge is 0.270 e. The van der Waals surface area contributed by atoms with Crippen molar-refractivity contribution in [1.29, 1.82) is 10.5 Å². The van der Waals surface area contributed by atoms with E-state index in [9.17, 15) is 10.5 Å². The maximum absolute atomic E-state index is 15.9. The molecule has 0 saturated carbocycles. The Morgan fingerprint density at radius 1 is 0.311 bits per heavy atom. The molecule has 0 spiro atoms. The van der Waals surface area contributed by atoms with Crippen LogP contribution in [0.1, 0.15) is 391 Å². The van der Waals surface area contributed by atoms with Crippen molar-refractivity contribution in [2.75, 3.05) is 0 Å². The standard InChI is InChI=1S/C122H132N4O2S4/c1-11-19-27-35-47-81-59-82(48-36-28-20-12-2)64-93(63-81)121(94-65-83(49-37-29-21-13-3)60-84(66-94)50-38-30-22-14-4)105-77-97(75-103-109(107(79-123)125-9)99-71-89-55-43-45-57-91(89)73-101(99)113(103)127)129-115(105)117-111(121)119-120(131-117)112-118(132-119)116-106(78-98(130-116)76-104-110(108(80-124)126-10)100-72-90-56-44-46-58-92(90)74-102(100)114(104)128)122(112,95-67-85(51-39-31-23-15-5)61-86(68-95)52-40-32-24-16-6)96-69-87(53-41-33-25-17-7)62-88(70-96)54-42-34-26-18-8/h43-46,55-78H,11-42,47-54H2,1-8H3/b103-75-,104-76-,109-107+,110-108?. The normalized spacial score (nSPS) is 15.2. The molecule has 0 amide bonds. The Bertz CT molecular complexity index is 5900. The molecule has 6 nitrogen and oxygen atoms in total. The number of Topliss-reactive ketones (excluding diaryl/α,β-unsaturated/α-hetero) is 2. The lowest BCUT2D eigenvalue weighted by molar-refractivity contribution is 0.103. The number of allylic oxidation sites excluding steroid dienone is 6. The second kappa shape index (κ2) is 44.2. The average molecular weight is 1810 g/mol.